The zero-order valence-corrected chi connectivity index (χ0v) is 12.9. The predicted octanol–water partition coefficient (Wildman–Crippen LogP) is 2.07. The number of hydrogen-bond donors (Lipinski definition) is 2. The third-order valence-corrected chi connectivity index (χ3v) is 4.54. The molecule has 2 rings (SSSR count). The van der Waals surface area contributed by atoms with E-state index in [0.717, 1.165) is 22.3 Å². The van der Waals surface area contributed by atoms with Crippen molar-refractivity contribution in [1.82, 2.24) is 4.72 Å². The van der Waals surface area contributed by atoms with Crippen molar-refractivity contribution < 1.29 is 8.42 Å². The van der Waals surface area contributed by atoms with E-state index >= 15 is 0 Å². The fraction of sp³-hybridized carbons (Fsp3) is 0.250. The van der Waals surface area contributed by atoms with Gasteiger partial charge in [0.1, 0.15) is 0 Å². The number of rotatable bonds is 6. The molecule has 2 aromatic rings. The molecule has 0 fully saturated rings. The van der Waals surface area contributed by atoms with Gasteiger partial charge in [0.25, 0.3) is 0 Å². The molecule has 2 aromatic carbocycles. The highest BCUT2D eigenvalue weighted by molar-refractivity contribution is 7.88. The molecule has 0 saturated heterocycles. The molecule has 0 aliphatic heterocycles. The zero-order valence-electron chi connectivity index (χ0n) is 12.0. The molecule has 0 saturated carbocycles. The van der Waals surface area contributed by atoms with E-state index in [9.17, 15) is 8.42 Å². The monoisotopic (exact) mass is 304 g/mol. The quantitative estimate of drug-likeness (QED) is 0.858. The molecule has 3 N–H and O–H groups in total. The van der Waals surface area contributed by atoms with Crippen molar-refractivity contribution in [2.24, 2.45) is 5.73 Å². The van der Waals surface area contributed by atoms with Gasteiger partial charge in [0.15, 0.2) is 0 Å². The number of nitrogens with two attached hydrogens (primary N) is 1. The van der Waals surface area contributed by atoms with Crippen LogP contribution < -0.4 is 10.5 Å². The summed E-state index contributed by atoms with van der Waals surface area (Å²) in [6.07, 6.45) is 0. The van der Waals surface area contributed by atoms with Gasteiger partial charge in [-0.3, -0.25) is 0 Å². The van der Waals surface area contributed by atoms with Crippen LogP contribution in [0, 0.1) is 6.92 Å². The fourth-order valence-electron chi connectivity index (χ4n) is 2.17. The Morgan fingerprint density at radius 2 is 1.76 bits per heavy atom. The molecule has 0 aliphatic carbocycles. The van der Waals surface area contributed by atoms with Gasteiger partial charge < -0.3 is 5.73 Å². The molecule has 21 heavy (non-hydrogen) atoms. The molecule has 0 spiro atoms. The average Bonchev–Trinajstić information content (AvgIpc) is 2.46. The van der Waals surface area contributed by atoms with Gasteiger partial charge in [-0.2, -0.15) is 0 Å². The maximum atomic E-state index is 12.2. The molecule has 0 bridgehead atoms. The number of sulfonamides is 1. The highest BCUT2D eigenvalue weighted by Crippen LogP contribution is 2.12. The molecular formula is C16H20N2O2S. The summed E-state index contributed by atoms with van der Waals surface area (Å²) in [5.74, 6) is -0.0494. The second kappa shape index (κ2) is 6.85. The lowest BCUT2D eigenvalue weighted by atomic mass is 10.1. The molecule has 0 radical (unpaired) electrons. The maximum Gasteiger partial charge on any atom is 0.216 e. The van der Waals surface area contributed by atoms with Crippen molar-refractivity contribution in [3.8, 4) is 0 Å². The molecule has 4 nitrogen and oxygen atoms in total. The van der Waals surface area contributed by atoms with E-state index in [1.807, 2.05) is 49.4 Å². The topological polar surface area (TPSA) is 72.2 Å². The number of hydrogen-bond acceptors (Lipinski definition) is 3. The van der Waals surface area contributed by atoms with Crippen LogP contribution in [0.15, 0.2) is 48.5 Å². The minimum absolute atomic E-state index is 0.0494. The minimum Gasteiger partial charge on any atom is -0.326 e. The van der Waals surface area contributed by atoms with Crippen LogP contribution in [0.4, 0.5) is 0 Å². The van der Waals surface area contributed by atoms with Gasteiger partial charge >= 0.3 is 0 Å². The number of aryl methyl sites for hydroxylation is 1. The van der Waals surface area contributed by atoms with E-state index < -0.39 is 10.0 Å². The van der Waals surface area contributed by atoms with Crippen LogP contribution in [0.3, 0.4) is 0 Å². The Balaban J connectivity index is 2.05. The average molecular weight is 304 g/mol. The largest absolute Gasteiger partial charge is 0.326 e. The van der Waals surface area contributed by atoms with Crippen molar-refractivity contribution in [3.63, 3.8) is 0 Å². The number of nitrogens with one attached hydrogen (secondary N) is 1. The van der Waals surface area contributed by atoms with Crippen LogP contribution in [-0.4, -0.2) is 8.42 Å². The molecular weight excluding hydrogens is 284 g/mol. The molecule has 0 unspecified atom stereocenters. The van der Waals surface area contributed by atoms with Gasteiger partial charge in [-0.25, -0.2) is 13.1 Å². The Bertz CT molecular complexity index is 712. The number of benzene rings is 2. The lowest BCUT2D eigenvalue weighted by molar-refractivity contribution is 0.580. The highest BCUT2D eigenvalue weighted by Gasteiger charge is 2.13. The van der Waals surface area contributed by atoms with Gasteiger partial charge in [0.05, 0.1) is 5.75 Å². The molecule has 5 heteroatoms. The molecule has 112 valence electrons. The Labute approximate surface area is 126 Å². The first-order valence-corrected chi connectivity index (χ1v) is 8.45. The van der Waals surface area contributed by atoms with E-state index in [4.69, 9.17) is 5.73 Å². The Morgan fingerprint density at radius 3 is 2.43 bits per heavy atom. The van der Waals surface area contributed by atoms with Crippen molar-refractivity contribution in [1.29, 1.82) is 0 Å². The lowest BCUT2D eigenvalue weighted by Crippen LogP contribution is -2.25. The van der Waals surface area contributed by atoms with E-state index in [2.05, 4.69) is 4.72 Å². The van der Waals surface area contributed by atoms with Crippen molar-refractivity contribution in [2.45, 2.75) is 25.8 Å². The summed E-state index contributed by atoms with van der Waals surface area (Å²) < 4.78 is 27.0. The van der Waals surface area contributed by atoms with Crippen molar-refractivity contribution >= 4 is 10.0 Å². The predicted molar refractivity (Wildman–Crippen MR) is 85.0 cm³/mol. The summed E-state index contributed by atoms with van der Waals surface area (Å²) >= 11 is 0. The third-order valence-electron chi connectivity index (χ3n) is 3.26. The van der Waals surface area contributed by atoms with E-state index in [0.29, 0.717) is 13.1 Å². The zero-order chi connectivity index (χ0) is 15.3. The maximum absolute atomic E-state index is 12.2. The van der Waals surface area contributed by atoms with Crippen molar-refractivity contribution in [3.05, 3.63) is 70.8 Å². The summed E-state index contributed by atoms with van der Waals surface area (Å²) in [4.78, 5) is 0. The van der Waals surface area contributed by atoms with Crippen LogP contribution >= 0.6 is 0 Å². The third kappa shape index (κ3) is 4.67. The van der Waals surface area contributed by atoms with Crippen LogP contribution in [-0.2, 0) is 28.9 Å². The molecule has 0 amide bonds. The van der Waals surface area contributed by atoms with Gasteiger partial charge in [-0.15, -0.1) is 0 Å². The SMILES string of the molecule is Cc1cccc(CNS(=O)(=O)Cc2ccccc2CN)c1. The fourth-order valence-corrected chi connectivity index (χ4v) is 3.35. The smallest absolute Gasteiger partial charge is 0.216 e. The summed E-state index contributed by atoms with van der Waals surface area (Å²) in [5.41, 5.74) is 9.30. The first-order chi connectivity index (χ1) is 10.00. The summed E-state index contributed by atoms with van der Waals surface area (Å²) in [6.45, 7) is 2.62. The van der Waals surface area contributed by atoms with Crippen LogP contribution in [0.25, 0.3) is 0 Å². The first kappa shape index (κ1) is 15.7. The summed E-state index contributed by atoms with van der Waals surface area (Å²) in [5, 5.41) is 0. The van der Waals surface area contributed by atoms with Gasteiger partial charge in [0.2, 0.25) is 10.0 Å². The van der Waals surface area contributed by atoms with Gasteiger partial charge in [0, 0.05) is 13.1 Å². The standard InChI is InChI=1S/C16H20N2O2S/c1-13-5-4-6-14(9-13)11-18-21(19,20)12-16-8-3-2-7-15(16)10-17/h2-9,18H,10-12,17H2,1H3. The van der Waals surface area contributed by atoms with Crippen molar-refractivity contribution in [2.75, 3.05) is 0 Å². The summed E-state index contributed by atoms with van der Waals surface area (Å²) in [6, 6.07) is 15.1. The molecule has 0 aliphatic rings. The lowest BCUT2D eigenvalue weighted by Gasteiger charge is -2.10. The Hall–Kier alpha value is -1.69. The minimum atomic E-state index is -3.38. The van der Waals surface area contributed by atoms with E-state index in [-0.39, 0.29) is 5.75 Å². The molecule has 0 atom stereocenters. The normalized spacial score (nSPS) is 11.5. The Morgan fingerprint density at radius 1 is 1.05 bits per heavy atom. The van der Waals surface area contributed by atoms with Crippen LogP contribution in [0.1, 0.15) is 22.3 Å². The highest BCUT2D eigenvalue weighted by atomic mass is 32.2. The summed E-state index contributed by atoms with van der Waals surface area (Å²) in [7, 11) is -3.38. The van der Waals surface area contributed by atoms with Gasteiger partial charge in [-0.1, -0.05) is 54.1 Å². The van der Waals surface area contributed by atoms with Gasteiger partial charge in [-0.05, 0) is 23.6 Å². The molecule has 0 heterocycles. The second-order valence-electron chi connectivity index (χ2n) is 5.04. The molecule has 0 aromatic heterocycles. The van der Waals surface area contributed by atoms with Crippen LogP contribution in [0.5, 0.6) is 0 Å². The van der Waals surface area contributed by atoms with E-state index in [1.165, 1.54) is 0 Å². The Kier molecular flexibility index (Phi) is 5.12. The van der Waals surface area contributed by atoms with E-state index in [1.54, 1.807) is 6.07 Å². The van der Waals surface area contributed by atoms with Crippen LogP contribution in [0.2, 0.25) is 0 Å². The second-order valence-corrected chi connectivity index (χ2v) is 6.85. The first-order valence-electron chi connectivity index (χ1n) is 6.80.